The molecule has 1 unspecified atom stereocenters. The molecule has 0 aromatic rings. The first-order valence-electron chi connectivity index (χ1n) is 4.27. The second kappa shape index (κ2) is 4.62. The van der Waals surface area contributed by atoms with Crippen LogP contribution in [0.5, 0.6) is 0 Å². The molecule has 1 aliphatic carbocycles. The molecule has 0 aromatic heterocycles. The first kappa shape index (κ1) is 9.74. The van der Waals surface area contributed by atoms with Crippen LogP contribution >= 0.6 is 0 Å². The summed E-state index contributed by atoms with van der Waals surface area (Å²) in [5, 5.41) is 0. The van der Waals surface area contributed by atoms with Crippen molar-refractivity contribution in [2.24, 2.45) is 17.4 Å². The highest BCUT2D eigenvalue weighted by molar-refractivity contribution is 5.91. The van der Waals surface area contributed by atoms with Gasteiger partial charge < -0.3 is 11.5 Å². The number of allylic oxidation sites excluding steroid dienone is 4. The third-order valence-electron chi connectivity index (χ3n) is 1.94. The number of hydrogen-bond acceptors (Lipinski definition) is 3. The minimum atomic E-state index is -0.125. The van der Waals surface area contributed by atoms with Crippen LogP contribution < -0.4 is 11.5 Å². The fourth-order valence-corrected chi connectivity index (χ4v) is 1.18. The lowest BCUT2D eigenvalue weighted by Gasteiger charge is -2.12. The van der Waals surface area contributed by atoms with E-state index in [2.05, 4.69) is 0 Å². The zero-order chi connectivity index (χ0) is 9.68. The monoisotopic (exact) mass is 178 g/mol. The summed E-state index contributed by atoms with van der Waals surface area (Å²) in [6.07, 6.45) is 10.2. The first-order valence-corrected chi connectivity index (χ1v) is 4.27. The van der Waals surface area contributed by atoms with Crippen LogP contribution in [0.1, 0.15) is 6.42 Å². The van der Waals surface area contributed by atoms with E-state index < -0.39 is 0 Å². The largest absolute Gasteiger partial charge is 0.401 e. The Morgan fingerprint density at radius 2 is 2.31 bits per heavy atom. The highest BCUT2D eigenvalue weighted by atomic mass is 16.1. The molecule has 0 aliphatic heterocycles. The zero-order valence-corrected chi connectivity index (χ0v) is 7.44. The molecule has 4 N–H and O–H groups in total. The lowest BCUT2D eigenvalue weighted by atomic mass is 9.97. The molecule has 0 amide bonds. The maximum absolute atomic E-state index is 10.9. The van der Waals surface area contributed by atoms with Gasteiger partial charge in [-0.05, 0) is 6.42 Å². The van der Waals surface area contributed by atoms with E-state index in [-0.39, 0.29) is 18.2 Å². The average Bonchev–Trinajstić information content (AvgIpc) is 2.19. The minimum absolute atomic E-state index is 0.0208. The Kier molecular flexibility index (Phi) is 3.46. The van der Waals surface area contributed by atoms with Gasteiger partial charge in [-0.3, -0.25) is 4.79 Å². The molecule has 0 aromatic carbocycles. The molecule has 0 saturated carbocycles. The van der Waals surface area contributed by atoms with Gasteiger partial charge in [0.15, 0.2) is 5.78 Å². The van der Waals surface area contributed by atoms with E-state index in [4.69, 9.17) is 11.5 Å². The van der Waals surface area contributed by atoms with Crippen LogP contribution in [0, 0.1) is 5.92 Å². The van der Waals surface area contributed by atoms with E-state index in [0.717, 1.165) is 6.42 Å². The Hall–Kier alpha value is -1.35. The van der Waals surface area contributed by atoms with Crippen molar-refractivity contribution in [3.8, 4) is 0 Å². The zero-order valence-electron chi connectivity index (χ0n) is 7.44. The third-order valence-corrected chi connectivity index (χ3v) is 1.94. The molecule has 3 heteroatoms. The standard InChI is InChI=1S/C10H14N2O/c11-7-9(13)6-10(12)8-4-2-1-3-5-8/h1-4,6,8H,5,7,11-12H2/b10-6-. The molecule has 13 heavy (non-hydrogen) atoms. The van der Waals surface area contributed by atoms with Crippen LogP contribution in [0.2, 0.25) is 0 Å². The van der Waals surface area contributed by atoms with Gasteiger partial charge in [0.25, 0.3) is 0 Å². The fourth-order valence-electron chi connectivity index (χ4n) is 1.18. The number of nitrogens with two attached hydrogens (primary N) is 2. The Labute approximate surface area is 77.8 Å². The van der Waals surface area contributed by atoms with E-state index in [9.17, 15) is 4.79 Å². The molecule has 1 aliphatic rings. The molecule has 0 fully saturated rings. The Balaban J connectivity index is 2.61. The summed E-state index contributed by atoms with van der Waals surface area (Å²) in [7, 11) is 0. The topological polar surface area (TPSA) is 69.1 Å². The molecule has 0 radical (unpaired) electrons. The average molecular weight is 178 g/mol. The van der Waals surface area contributed by atoms with Gasteiger partial charge in [0, 0.05) is 17.7 Å². The van der Waals surface area contributed by atoms with E-state index in [0.29, 0.717) is 5.70 Å². The Bertz CT molecular complexity index is 277. The molecule has 1 atom stereocenters. The van der Waals surface area contributed by atoms with Crippen molar-refractivity contribution in [2.75, 3.05) is 6.54 Å². The summed E-state index contributed by atoms with van der Waals surface area (Å²) in [4.78, 5) is 10.9. The lowest BCUT2D eigenvalue weighted by molar-refractivity contribution is -0.113. The summed E-state index contributed by atoms with van der Waals surface area (Å²) < 4.78 is 0. The number of rotatable bonds is 3. The number of carbonyl (C=O) groups excluding carboxylic acids is 1. The molecule has 1 rings (SSSR count). The van der Waals surface area contributed by atoms with Crippen LogP contribution in [0.25, 0.3) is 0 Å². The molecule has 3 nitrogen and oxygen atoms in total. The predicted molar refractivity (Wildman–Crippen MR) is 52.7 cm³/mol. The SMILES string of the molecule is NCC(=O)/C=C(\N)C1C=CC=CC1. The highest BCUT2D eigenvalue weighted by Crippen LogP contribution is 2.16. The van der Waals surface area contributed by atoms with Crippen LogP contribution in [0.3, 0.4) is 0 Å². The molecular formula is C10H14N2O. The van der Waals surface area contributed by atoms with Crippen molar-refractivity contribution in [1.29, 1.82) is 0 Å². The van der Waals surface area contributed by atoms with Crippen LogP contribution in [0.15, 0.2) is 36.1 Å². The molecule has 70 valence electrons. The van der Waals surface area contributed by atoms with Gasteiger partial charge in [-0.15, -0.1) is 0 Å². The first-order chi connectivity index (χ1) is 6.24. The second-order valence-corrected chi connectivity index (χ2v) is 2.97. The van der Waals surface area contributed by atoms with Gasteiger partial charge in [-0.2, -0.15) is 0 Å². The summed E-state index contributed by atoms with van der Waals surface area (Å²) in [6, 6.07) is 0. The summed E-state index contributed by atoms with van der Waals surface area (Å²) in [6.45, 7) is 0.0208. The molecule has 0 saturated heterocycles. The van der Waals surface area contributed by atoms with E-state index >= 15 is 0 Å². The highest BCUT2D eigenvalue weighted by Gasteiger charge is 2.08. The number of hydrogen-bond donors (Lipinski definition) is 2. The molecular weight excluding hydrogens is 164 g/mol. The quantitative estimate of drug-likeness (QED) is 0.618. The smallest absolute Gasteiger partial charge is 0.170 e. The third kappa shape index (κ3) is 2.87. The van der Waals surface area contributed by atoms with Crippen LogP contribution in [0.4, 0.5) is 0 Å². The van der Waals surface area contributed by atoms with Crippen LogP contribution in [-0.4, -0.2) is 12.3 Å². The maximum atomic E-state index is 10.9. The lowest BCUT2D eigenvalue weighted by Crippen LogP contribution is -2.16. The number of ketones is 1. The van der Waals surface area contributed by atoms with Crippen LogP contribution in [-0.2, 0) is 4.79 Å². The van der Waals surface area contributed by atoms with Crippen molar-refractivity contribution in [3.05, 3.63) is 36.1 Å². The summed E-state index contributed by atoms with van der Waals surface area (Å²) in [5.74, 6) is 0.0287. The van der Waals surface area contributed by atoms with E-state index in [1.807, 2.05) is 24.3 Å². The van der Waals surface area contributed by atoms with Gasteiger partial charge in [0.1, 0.15) is 0 Å². The van der Waals surface area contributed by atoms with Gasteiger partial charge in [-0.1, -0.05) is 24.3 Å². The van der Waals surface area contributed by atoms with Gasteiger partial charge in [-0.25, -0.2) is 0 Å². The second-order valence-electron chi connectivity index (χ2n) is 2.97. The minimum Gasteiger partial charge on any atom is -0.401 e. The molecule has 0 bridgehead atoms. The van der Waals surface area contributed by atoms with E-state index in [1.165, 1.54) is 6.08 Å². The van der Waals surface area contributed by atoms with E-state index in [1.54, 1.807) is 0 Å². The molecule has 0 heterocycles. The van der Waals surface area contributed by atoms with Crippen molar-refractivity contribution < 1.29 is 4.79 Å². The maximum Gasteiger partial charge on any atom is 0.170 e. The normalized spacial score (nSPS) is 21.9. The van der Waals surface area contributed by atoms with Crippen molar-refractivity contribution in [3.63, 3.8) is 0 Å². The fraction of sp³-hybridized carbons (Fsp3) is 0.300. The summed E-state index contributed by atoms with van der Waals surface area (Å²) in [5.41, 5.74) is 11.5. The summed E-state index contributed by atoms with van der Waals surface area (Å²) >= 11 is 0. The van der Waals surface area contributed by atoms with Crippen molar-refractivity contribution >= 4 is 5.78 Å². The van der Waals surface area contributed by atoms with Gasteiger partial charge in [0.2, 0.25) is 0 Å². The van der Waals surface area contributed by atoms with Crippen molar-refractivity contribution in [1.82, 2.24) is 0 Å². The predicted octanol–water partition coefficient (Wildman–Crippen LogP) is 0.489. The van der Waals surface area contributed by atoms with Crippen molar-refractivity contribution in [2.45, 2.75) is 6.42 Å². The van der Waals surface area contributed by atoms with Gasteiger partial charge in [0.05, 0.1) is 6.54 Å². The Morgan fingerprint density at radius 3 is 2.85 bits per heavy atom. The Morgan fingerprint density at radius 1 is 1.54 bits per heavy atom. The number of carbonyl (C=O) groups is 1. The van der Waals surface area contributed by atoms with Gasteiger partial charge >= 0.3 is 0 Å². The molecule has 0 spiro atoms.